The number of anilines is 2. The Kier molecular flexibility index (Phi) is 6.24. The first-order chi connectivity index (χ1) is 15.8. The van der Waals surface area contributed by atoms with Crippen molar-refractivity contribution in [1.29, 1.82) is 0 Å². The molecular formula is C25H19ClFN3O3. The summed E-state index contributed by atoms with van der Waals surface area (Å²) in [7, 11) is 0. The maximum atomic E-state index is 13.9. The second-order valence-electron chi connectivity index (χ2n) is 7.46. The van der Waals surface area contributed by atoms with Crippen LogP contribution in [0.2, 0.25) is 0 Å². The molecule has 6 nitrogen and oxygen atoms in total. The van der Waals surface area contributed by atoms with Gasteiger partial charge in [0, 0.05) is 11.3 Å². The van der Waals surface area contributed by atoms with Crippen LogP contribution < -0.4 is 10.6 Å². The third-order valence-corrected chi connectivity index (χ3v) is 5.53. The minimum Gasteiger partial charge on any atom is -0.349 e. The molecular weight excluding hydrogens is 445 g/mol. The van der Waals surface area contributed by atoms with E-state index in [2.05, 4.69) is 10.6 Å². The Morgan fingerprint density at radius 3 is 2.36 bits per heavy atom. The number of amides is 3. The van der Waals surface area contributed by atoms with Crippen LogP contribution in [0.3, 0.4) is 0 Å². The van der Waals surface area contributed by atoms with E-state index < -0.39 is 23.5 Å². The molecule has 0 saturated heterocycles. The van der Waals surface area contributed by atoms with Crippen LogP contribution in [0.5, 0.6) is 0 Å². The highest BCUT2D eigenvalue weighted by molar-refractivity contribution is 6.48. The molecule has 0 bridgehead atoms. The largest absolute Gasteiger partial charge is 0.349 e. The monoisotopic (exact) mass is 463 g/mol. The average molecular weight is 464 g/mol. The first-order valence-corrected chi connectivity index (χ1v) is 10.5. The Morgan fingerprint density at radius 1 is 0.939 bits per heavy atom. The van der Waals surface area contributed by atoms with Crippen molar-refractivity contribution in [3.05, 3.63) is 106 Å². The molecule has 0 atom stereocenters. The number of imide groups is 1. The van der Waals surface area contributed by atoms with Crippen molar-refractivity contribution in [1.82, 2.24) is 4.90 Å². The fourth-order valence-electron chi connectivity index (χ4n) is 3.35. The Bertz CT molecular complexity index is 1290. The predicted octanol–water partition coefficient (Wildman–Crippen LogP) is 4.82. The van der Waals surface area contributed by atoms with E-state index in [-0.39, 0.29) is 28.5 Å². The molecule has 33 heavy (non-hydrogen) atoms. The lowest BCUT2D eigenvalue weighted by Gasteiger charge is -2.16. The maximum absolute atomic E-state index is 13.9. The number of hydrogen-bond acceptors (Lipinski definition) is 4. The van der Waals surface area contributed by atoms with Crippen molar-refractivity contribution >= 4 is 40.7 Å². The molecule has 0 saturated carbocycles. The number of halogens is 2. The zero-order valence-electron chi connectivity index (χ0n) is 17.6. The number of benzene rings is 3. The fourth-order valence-corrected chi connectivity index (χ4v) is 3.58. The molecule has 0 aromatic heterocycles. The molecule has 4 rings (SSSR count). The van der Waals surface area contributed by atoms with Crippen molar-refractivity contribution < 1.29 is 18.8 Å². The second kappa shape index (κ2) is 9.26. The standard InChI is InChI=1S/C25H19ClFN3O3/c1-15-11-12-17(23(31)29-19-10-6-5-9-18(19)27)13-20(15)28-22-21(26)24(32)30(25(22)33)14-16-7-3-2-4-8-16/h2-13,28H,14H2,1H3,(H,29,31). The predicted molar refractivity (Wildman–Crippen MR) is 124 cm³/mol. The molecule has 1 aliphatic rings. The number of nitrogens with zero attached hydrogens (tertiary/aromatic N) is 1. The number of nitrogens with one attached hydrogen (secondary N) is 2. The lowest BCUT2D eigenvalue weighted by Crippen LogP contribution is -2.31. The Labute approximate surface area is 194 Å². The summed E-state index contributed by atoms with van der Waals surface area (Å²) < 4.78 is 13.9. The van der Waals surface area contributed by atoms with Crippen molar-refractivity contribution in [2.45, 2.75) is 13.5 Å². The van der Waals surface area contributed by atoms with E-state index in [9.17, 15) is 18.8 Å². The zero-order chi connectivity index (χ0) is 23.5. The Hall–Kier alpha value is -3.97. The van der Waals surface area contributed by atoms with Crippen molar-refractivity contribution in [2.24, 2.45) is 0 Å². The molecule has 1 heterocycles. The van der Waals surface area contributed by atoms with E-state index in [0.29, 0.717) is 5.69 Å². The Balaban J connectivity index is 1.55. The molecule has 2 N–H and O–H groups in total. The lowest BCUT2D eigenvalue weighted by molar-refractivity contribution is -0.138. The van der Waals surface area contributed by atoms with Crippen molar-refractivity contribution in [3.63, 3.8) is 0 Å². The van der Waals surface area contributed by atoms with E-state index >= 15 is 0 Å². The van der Waals surface area contributed by atoms with Gasteiger partial charge in [-0.15, -0.1) is 0 Å². The zero-order valence-corrected chi connectivity index (χ0v) is 18.3. The SMILES string of the molecule is Cc1ccc(C(=O)Nc2ccccc2F)cc1NC1=C(Cl)C(=O)N(Cc2ccccc2)C1=O. The fraction of sp³-hybridized carbons (Fsp3) is 0.0800. The third kappa shape index (κ3) is 4.63. The van der Waals surface area contributed by atoms with Gasteiger partial charge in [-0.1, -0.05) is 60.1 Å². The number of carbonyl (C=O) groups excluding carboxylic acids is 3. The molecule has 1 aliphatic heterocycles. The van der Waals surface area contributed by atoms with E-state index in [0.717, 1.165) is 16.0 Å². The summed E-state index contributed by atoms with van der Waals surface area (Å²) in [5.74, 6) is -2.24. The van der Waals surface area contributed by atoms with Gasteiger partial charge in [0.05, 0.1) is 12.2 Å². The molecule has 3 aromatic rings. The van der Waals surface area contributed by atoms with Gasteiger partial charge in [-0.25, -0.2) is 4.39 Å². The van der Waals surface area contributed by atoms with Gasteiger partial charge < -0.3 is 10.6 Å². The summed E-state index contributed by atoms with van der Waals surface area (Å²) in [5, 5.41) is 5.20. The molecule has 8 heteroatoms. The molecule has 3 aromatic carbocycles. The number of hydrogen-bond donors (Lipinski definition) is 2. The summed E-state index contributed by atoms with van der Waals surface area (Å²) >= 11 is 6.20. The van der Waals surface area contributed by atoms with Gasteiger partial charge >= 0.3 is 0 Å². The van der Waals surface area contributed by atoms with Crippen LogP contribution in [0.1, 0.15) is 21.5 Å². The maximum Gasteiger partial charge on any atom is 0.279 e. The minimum absolute atomic E-state index is 0.0523. The van der Waals surface area contributed by atoms with Gasteiger partial charge in [-0.3, -0.25) is 19.3 Å². The molecule has 0 radical (unpaired) electrons. The van der Waals surface area contributed by atoms with Gasteiger partial charge in [0.2, 0.25) is 0 Å². The quantitative estimate of drug-likeness (QED) is 0.514. The molecule has 0 fully saturated rings. The van der Waals surface area contributed by atoms with Crippen molar-refractivity contribution in [3.8, 4) is 0 Å². The molecule has 3 amide bonds. The number of aryl methyl sites for hydroxylation is 1. The van der Waals surface area contributed by atoms with E-state index in [1.807, 2.05) is 30.3 Å². The van der Waals surface area contributed by atoms with Gasteiger partial charge in [0.1, 0.15) is 16.5 Å². The molecule has 0 aliphatic carbocycles. The summed E-state index contributed by atoms with van der Waals surface area (Å²) in [4.78, 5) is 39.2. The molecule has 0 spiro atoms. The highest BCUT2D eigenvalue weighted by Crippen LogP contribution is 2.29. The highest BCUT2D eigenvalue weighted by Gasteiger charge is 2.38. The first kappa shape index (κ1) is 22.2. The number of para-hydroxylation sites is 1. The van der Waals surface area contributed by atoms with Gasteiger partial charge in [0.15, 0.2) is 0 Å². The summed E-state index contributed by atoms with van der Waals surface area (Å²) in [5.41, 5.74) is 2.15. The van der Waals surface area contributed by atoms with Crippen LogP contribution in [0, 0.1) is 12.7 Å². The molecule has 166 valence electrons. The third-order valence-electron chi connectivity index (χ3n) is 5.18. The van der Waals surface area contributed by atoms with Gasteiger partial charge in [-0.05, 0) is 42.3 Å². The summed E-state index contributed by atoms with van der Waals surface area (Å²) in [6.07, 6.45) is 0. The number of rotatable bonds is 6. The second-order valence-corrected chi connectivity index (χ2v) is 7.84. The van der Waals surface area contributed by atoms with E-state index in [4.69, 9.17) is 11.6 Å². The Morgan fingerprint density at radius 2 is 1.64 bits per heavy atom. The van der Waals surface area contributed by atoms with Crippen LogP contribution in [-0.4, -0.2) is 22.6 Å². The first-order valence-electron chi connectivity index (χ1n) is 10.1. The lowest BCUT2D eigenvalue weighted by atomic mass is 10.1. The van der Waals surface area contributed by atoms with Gasteiger partial charge in [-0.2, -0.15) is 0 Å². The van der Waals surface area contributed by atoms with E-state index in [1.54, 1.807) is 25.1 Å². The van der Waals surface area contributed by atoms with Crippen molar-refractivity contribution in [2.75, 3.05) is 10.6 Å². The topological polar surface area (TPSA) is 78.5 Å². The van der Waals surface area contributed by atoms with Crippen LogP contribution in [-0.2, 0) is 16.1 Å². The average Bonchev–Trinajstić information content (AvgIpc) is 3.01. The van der Waals surface area contributed by atoms with Crippen LogP contribution in [0.4, 0.5) is 15.8 Å². The van der Waals surface area contributed by atoms with Crippen LogP contribution >= 0.6 is 11.6 Å². The molecule has 0 unspecified atom stereocenters. The number of carbonyl (C=O) groups is 3. The van der Waals surface area contributed by atoms with Crippen LogP contribution in [0.25, 0.3) is 0 Å². The van der Waals surface area contributed by atoms with Crippen LogP contribution in [0.15, 0.2) is 83.5 Å². The summed E-state index contributed by atoms with van der Waals surface area (Å²) in [6, 6.07) is 19.7. The summed E-state index contributed by atoms with van der Waals surface area (Å²) in [6.45, 7) is 1.86. The smallest absolute Gasteiger partial charge is 0.279 e. The van der Waals surface area contributed by atoms with Gasteiger partial charge in [0.25, 0.3) is 17.7 Å². The highest BCUT2D eigenvalue weighted by atomic mass is 35.5. The normalized spacial score (nSPS) is 13.5. The minimum atomic E-state index is -0.598. The van der Waals surface area contributed by atoms with E-state index in [1.165, 1.54) is 24.3 Å².